The van der Waals surface area contributed by atoms with Crippen molar-refractivity contribution in [2.75, 3.05) is 30.4 Å². The summed E-state index contributed by atoms with van der Waals surface area (Å²) >= 11 is 6.26. The number of benzene rings is 1. The van der Waals surface area contributed by atoms with E-state index in [0.717, 1.165) is 24.3 Å². The highest BCUT2D eigenvalue weighted by Crippen LogP contribution is 2.50. The van der Waals surface area contributed by atoms with Gasteiger partial charge in [-0.25, -0.2) is 4.98 Å². The number of halogens is 1. The van der Waals surface area contributed by atoms with E-state index in [9.17, 15) is 5.11 Å². The molecule has 22 heavy (non-hydrogen) atoms. The maximum atomic E-state index is 9.87. The number of phenols is 1. The fourth-order valence-corrected chi connectivity index (χ4v) is 3.55. The number of ether oxygens (including phenoxy) is 1. The number of phenolic OH excluding ortho intramolecular Hbond substituents is 1. The molecule has 1 aromatic heterocycles. The van der Waals surface area contributed by atoms with Crippen molar-refractivity contribution in [1.29, 1.82) is 0 Å². The number of aromatic hydroxyl groups is 1. The van der Waals surface area contributed by atoms with Crippen molar-refractivity contribution in [2.24, 2.45) is 0 Å². The van der Waals surface area contributed by atoms with E-state index in [2.05, 4.69) is 9.97 Å². The van der Waals surface area contributed by atoms with Gasteiger partial charge in [0.05, 0.1) is 18.5 Å². The van der Waals surface area contributed by atoms with Crippen LogP contribution in [-0.4, -0.2) is 34.8 Å². The zero-order valence-corrected chi connectivity index (χ0v) is 12.5. The predicted molar refractivity (Wildman–Crippen MR) is 83.7 cm³/mol. The Morgan fingerprint density at radius 3 is 3.05 bits per heavy atom. The molecule has 2 aliphatic heterocycles. The number of fused-ring (bicyclic) bond motifs is 2. The van der Waals surface area contributed by atoms with Gasteiger partial charge in [-0.1, -0.05) is 17.7 Å². The van der Waals surface area contributed by atoms with Gasteiger partial charge in [-0.2, -0.15) is 4.98 Å². The molecule has 3 heterocycles. The van der Waals surface area contributed by atoms with E-state index < -0.39 is 0 Å². The molecule has 1 atom stereocenters. The topological polar surface area (TPSA) is 84.5 Å². The van der Waals surface area contributed by atoms with Crippen LogP contribution in [0.1, 0.15) is 12.0 Å². The average Bonchev–Trinajstić information content (AvgIpc) is 3.08. The molecular weight excluding hydrogens is 304 g/mol. The van der Waals surface area contributed by atoms with Gasteiger partial charge in [0.1, 0.15) is 10.8 Å². The standard InChI is InChI=1S/C15H15ClN4O2/c16-11-6-18-14(17)19-13(11)20-7-15(3-4-22-8-15)10-2-1-9(21)5-12(10)20/h1-2,5-6,21H,3-4,7-8H2,(H2,17,18,19). The highest BCUT2D eigenvalue weighted by Gasteiger charge is 2.46. The van der Waals surface area contributed by atoms with E-state index in [4.69, 9.17) is 22.1 Å². The summed E-state index contributed by atoms with van der Waals surface area (Å²) in [6.07, 6.45) is 2.43. The minimum absolute atomic E-state index is 0.0912. The third-order valence-corrected chi connectivity index (χ3v) is 4.67. The molecule has 0 radical (unpaired) electrons. The van der Waals surface area contributed by atoms with Gasteiger partial charge >= 0.3 is 0 Å². The summed E-state index contributed by atoms with van der Waals surface area (Å²) in [6.45, 7) is 2.08. The van der Waals surface area contributed by atoms with E-state index >= 15 is 0 Å². The van der Waals surface area contributed by atoms with Crippen LogP contribution in [0.25, 0.3) is 0 Å². The van der Waals surface area contributed by atoms with E-state index in [1.54, 1.807) is 12.1 Å². The molecule has 1 spiro atoms. The first kappa shape index (κ1) is 13.6. The predicted octanol–water partition coefficient (Wildman–Crippen LogP) is 2.23. The largest absolute Gasteiger partial charge is 0.508 e. The molecule has 3 N–H and O–H groups in total. The Hall–Kier alpha value is -2.05. The van der Waals surface area contributed by atoms with Crippen LogP contribution >= 0.6 is 11.6 Å². The first-order valence-corrected chi connectivity index (χ1v) is 7.44. The minimum Gasteiger partial charge on any atom is -0.508 e. The molecule has 0 saturated carbocycles. The Kier molecular flexibility index (Phi) is 2.92. The van der Waals surface area contributed by atoms with Crippen LogP contribution in [0.4, 0.5) is 17.5 Å². The van der Waals surface area contributed by atoms with Crippen LogP contribution in [0.15, 0.2) is 24.4 Å². The van der Waals surface area contributed by atoms with Gasteiger partial charge in [0, 0.05) is 24.6 Å². The van der Waals surface area contributed by atoms with Gasteiger partial charge < -0.3 is 20.5 Å². The van der Waals surface area contributed by atoms with E-state index in [-0.39, 0.29) is 17.1 Å². The van der Waals surface area contributed by atoms with Gasteiger partial charge in [0.15, 0.2) is 5.82 Å². The number of nitrogens with zero attached hydrogens (tertiary/aromatic N) is 3. The van der Waals surface area contributed by atoms with Gasteiger partial charge in [-0.05, 0) is 18.1 Å². The van der Waals surface area contributed by atoms with Crippen molar-refractivity contribution in [3.63, 3.8) is 0 Å². The maximum Gasteiger partial charge on any atom is 0.222 e. The number of aromatic nitrogens is 2. The monoisotopic (exact) mass is 318 g/mol. The second-order valence-corrected chi connectivity index (χ2v) is 6.18. The smallest absolute Gasteiger partial charge is 0.222 e. The van der Waals surface area contributed by atoms with E-state index in [1.165, 1.54) is 6.20 Å². The first-order valence-electron chi connectivity index (χ1n) is 7.06. The Morgan fingerprint density at radius 2 is 2.27 bits per heavy atom. The highest BCUT2D eigenvalue weighted by molar-refractivity contribution is 6.33. The lowest BCUT2D eigenvalue weighted by Gasteiger charge is -2.24. The Labute approximate surface area is 132 Å². The van der Waals surface area contributed by atoms with Gasteiger partial charge in [-0.15, -0.1) is 0 Å². The molecule has 6 nitrogen and oxygen atoms in total. The number of rotatable bonds is 1. The molecule has 0 amide bonds. The normalized spacial score (nSPS) is 23.2. The molecule has 2 aromatic rings. The van der Waals surface area contributed by atoms with Gasteiger partial charge in [-0.3, -0.25) is 0 Å². The molecule has 0 bridgehead atoms. The second-order valence-electron chi connectivity index (χ2n) is 5.77. The number of nitrogens with two attached hydrogens (primary N) is 1. The first-order chi connectivity index (χ1) is 10.6. The van der Waals surface area contributed by atoms with Gasteiger partial charge in [0.25, 0.3) is 0 Å². The van der Waals surface area contributed by atoms with Crippen LogP contribution < -0.4 is 10.6 Å². The molecule has 1 saturated heterocycles. The molecule has 1 unspecified atom stereocenters. The summed E-state index contributed by atoms with van der Waals surface area (Å²) in [7, 11) is 0. The van der Waals surface area contributed by atoms with Crippen molar-refractivity contribution >= 4 is 29.1 Å². The van der Waals surface area contributed by atoms with Crippen LogP contribution in [0.2, 0.25) is 5.02 Å². The third kappa shape index (κ3) is 1.91. The quantitative estimate of drug-likeness (QED) is 0.838. The summed E-state index contributed by atoms with van der Waals surface area (Å²) in [4.78, 5) is 10.2. The van der Waals surface area contributed by atoms with Gasteiger partial charge in [0.2, 0.25) is 5.95 Å². The lowest BCUT2D eigenvalue weighted by Crippen LogP contribution is -2.32. The molecule has 114 valence electrons. The fourth-order valence-electron chi connectivity index (χ4n) is 3.36. The van der Waals surface area contributed by atoms with E-state index in [0.29, 0.717) is 24.0 Å². The molecular formula is C15H15ClN4O2. The summed E-state index contributed by atoms with van der Waals surface area (Å²) < 4.78 is 5.63. The summed E-state index contributed by atoms with van der Waals surface area (Å²) in [5.41, 5.74) is 7.66. The van der Waals surface area contributed by atoms with Crippen molar-refractivity contribution in [1.82, 2.24) is 9.97 Å². The lowest BCUT2D eigenvalue weighted by atomic mass is 9.82. The summed E-state index contributed by atoms with van der Waals surface area (Å²) in [5, 5.41) is 10.3. The molecule has 0 aliphatic carbocycles. The number of hydrogen-bond donors (Lipinski definition) is 2. The summed E-state index contributed by atoms with van der Waals surface area (Å²) in [5.74, 6) is 0.937. The number of hydrogen-bond acceptors (Lipinski definition) is 6. The van der Waals surface area contributed by atoms with Crippen molar-refractivity contribution in [3.05, 3.63) is 35.0 Å². The maximum absolute atomic E-state index is 9.87. The van der Waals surface area contributed by atoms with Crippen molar-refractivity contribution in [3.8, 4) is 5.75 Å². The Bertz CT molecular complexity index is 746. The van der Waals surface area contributed by atoms with Crippen molar-refractivity contribution in [2.45, 2.75) is 11.8 Å². The van der Waals surface area contributed by atoms with Crippen LogP contribution in [0, 0.1) is 0 Å². The Balaban J connectivity index is 1.89. The number of anilines is 3. The summed E-state index contributed by atoms with van der Waals surface area (Å²) in [6, 6.07) is 5.40. The zero-order chi connectivity index (χ0) is 15.3. The molecule has 1 fully saturated rings. The lowest BCUT2D eigenvalue weighted by molar-refractivity contribution is 0.180. The minimum atomic E-state index is -0.0912. The van der Waals surface area contributed by atoms with Crippen LogP contribution in [0.3, 0.4) is 0 Å². The Morgan fingerprint density at radius 1 is 1.41 bits per heavy atom. The molecule has 7 heteroatoms. The molecule has 2 aliphatic rings. The SMILES string of the molecule is Nc1ncc(Cl)c(N2CC3(CCOC3)c3ccc(O)cc32)n1. The number of nitrogen functional groups attached to an aromatic ring is 1. The highest BCUT2D eigenvalue weighted by atomic mass is 35.5. The zero-order valence-electron chi connectivity index (χ0n) is 11.8. The van der Waals surface area contributed by atoms with Crippen molar-refractivity contribution < 1.29 is 9.84 Å². The van der Waals surface area contributed by atoms with E-state index in [1.807, 2.05) is 11.0 Å². The fraction of sp³-hybridized carbons (Fsp3) is 0.333. The molecule has 4 rings (SSSR count). The van der Waals surface area contributed by atoms with Crippen LogP contribution in [0.5, 0.6) is 5.75 Å². The average molecular weight is 319 g/mol. The second kappa shape index (κ2) is 4.72. The molecule has 1 aromatic carbocycles. The third-order valence-electron chi connectivity index (χ3n) is 4.41. The van der Waals surface area contributed by atoms with Crippen LogP contribution in [-0.2, 0) is 10.2 Å².